The van der Waals surface area contributed by atoms with E-state index in [1.807, 2.05) is 74.5 Å². The van der Waals surface area contributed by atoms with Crippen LogP contribution < -0.4 is 21.0 Å². The number of aromatic nitrogens is 4. The molecule has 0 atom stereocenters. The van der Waals surface area contributed by atoms with Crippen molar-refractivity contribution in [1.29, 1.82) is 0 Å². The van der Waals surface area contributed by atoms with Gasteiger partial charge in [-0.2, -0.15) is 4.57 Å². The number of carbonyl (C=O) groups excluding carboxylic acids is 2. The first kappa shape index (κ1) is 24.0. The van der Waals surface area contributed by atoms with Gasteiger partial charge in [-0.15, -0.1) is 10.2 Å². The van der Waals surface area contributed by atoms with Crippen molar-refractivity contribution in [2.24, 2.45) is 0 Å². The monoisotopic (exact) mass is 488 g/mol. The molecule has 4 N–H and O–H groups in total. The number of nitrogens with two attached hydrogens (primary N) is 1. The fourth-order valence-corrected chi connectivity index (χ4v) is 4.04. The van der Waals surface area contributed by atoms with Crippen LogP contribution >= 0.6 is 11.8 Å². The number of thioether (sulfide) groups is 1. The molecule has 0 bridgehead atoms. The van der Waals surface area contributed by atoms with Gasteiger partial charge in [-0.05, 0) is 37.1 Å². The maximum Gasteiger partial charge on any atom is 0.290 e. The molecule has 0 aliphatic carbocycles. The normalized spacial score (nSPS) is 10.7. The number of nitrogens with one attached hydrogen (secondary N) is 2. The van der Waals surface area contributed by atoms with Gasteiger partial charge in [0.2, 0.25) is 17.6 Å². The Bertz CT molecular complexity index is 1350. The lowest BCUT2D eigenvalue weighted by molar-refractivity contribution is -0.684. The largest absolute Gasteiger partial charge is 0.335 e. The number of pyridine rings is 1. The molecule has 4 rings (SSSR count). The summed E-state index contributed by atoms with van der Waals surface area (Å²) in [7, 11) is 0. The smallest absolute Gasteiger partial charge is 0.290 e. The van der Waals surface area contributed by atoms with Crippen molar-refractivity contribution < 1.29 is 14.2 Å². The topological polar surface area (TPSA) is 119 Å². The molecular formula is C25H26N7O2S+. The van der Waals surface area contributed by atoms with Crippen LogP contribution in [0.1, 0.15) is 11.1 Å². The first-order chi connectivity index (χ1) is 16.9. The zero-order chi connectivity index (χ0) is 24.8. The van der Waals surface area contributed by atoms with E-state index in [1.165, 1.54) is 16.4 Å². The molecule has 9 nitrogen and oxygen atoms in total. The third-order valence-electron chi connectivity index (χ3n) is 5.31. The average Bonchev–Trinajstić information content (AvgIpc) is 3.21. The highest BCUT2D eigenvalue weighted by molar-refractivity contribution is 7.99. The maximum absolute atomic E-state index is 12.4. The fraction of sp³-hybridized carbons (Fsp3) is 0.160. The second-order valence-electron chi connectivity index (χ2n) is 7.95. The van der Waals surface area contributed by atoms with E-state index < -0.39 is 0 Å². The number of carbonyl (C=O) groups is 2. The Kier molecular flexibility index (Phi) is 7.41. The number of aryl methyl sites for hydroxylation is 2. The van der Waals surface area contributed by atoms with Crippen LogP contribution in [0.25, 0.3) is 11.4 Å². The van der Waals surface area contributed by atoms with Crippen LogP contribution in [-0.4, -0.2) is 32.4 Å². The van der Waals surface area contributed by atoms with Crippen molar-refractivity contribution in [1.82, 2.24) is 14.9 Å². The highest BCUT2D eigenvalue weighted by Gasteiger charge is 2.16. The van der Waals surface area contributed by atoms with Crippen LogP contribution in [0.2, 0.25) is 0 Å². The first-order valence-electron chi connectivity index (χ1n) is 10.9. The summed E-state index contributed by atoms with van der Waals surface area (Å²) >= 11 is 1.20. The molecule has 0 aliphatic rings. The van der Waals surface area contributed by atoms with E-state index in [0.717, 1.165) is 28.1 Å². The Morgan fingerprint density at radius 2 is 1.46 bits per heavy atom. The number of rotatable bonds is 8. The van der Waals surface area contributed by atoms with E-state index in [2.05, 4.69) is 20.8 Å². The van der Waals surface area contributed by atoms with Gasteiger partial charge in [0.15, 0.2) is 18.2 Å². The lowest BCUT2D eigenvalue weighted by atomic mass is 10.2. The molecule has 4 aromatic rings. The number of amides is 2. The van der Waals surface area contributed by atoms with Crippen LogP contribution in [0.3, 0.4) is 0 Å². The molecule has 0 saturated carbocycles. The van der Waals surface area contributed by atoms with Crippen LogP contribution in [0, 0.1) is 13.8 Å². The van der Waals surface area contributed by atoms with Gasteiger partial charge in [-0.1, -0.05) is 48.2 Å². The summed E-state index contributed by atoms with van der Waals surface area (Å²) in [5.74, 6) is 6.52. The summed E-state index contributed by atoms with van der Waals surface area (Å²) < 4.78 is 3.12. The van der Waals surface area contributed by atoms with Crippen molar-refractivity contribution in [3.8, 4) is 11.4 Å². The molecule has 0 spiro atoms. The number of hydrogen-bond acceptors (Lipinski definition) is 6. The minimum atomic E-state index is -0.154. The predicted octanol–water partition coefficient (Wildman–Crippen LogP) is 2.93. The van der Waals surface area contributed by atoms with E-state index in [0.29, 0.717) is 11.0 Å². The highest BCUT2D eigenvalue weighted by Crippen LogP contribution is 2.21. The molecule has 2 aromatic carbocycles. The quantitative estimate of drug-likeness (QED) is 0.199. The zero-order valence-electron chi connectivity index (χ0n) is 19.4. The summed E-state index contributed by atoms with van der Waals surface area (Å²) in [5, 5.41) is 14.5. The van der Waals surface area contributed by atoms with Crippen LogP contribution in [0.5, 0.6) is 0 Å². The lowest BCUT2D eigenvalue weighted by Gasteiger charge is -2.08. The Labute approximate surface area is 207 Å². The maximum atomic E-state index is 12.4. The second kappa shape index (κ2) is 10.8. The van der Waals surface area contributed by atoms with Gasteiger partial charge in [0.05, 0.1) is 5.75 Å². The summed E-state index contributed by atoms with van der Waals surface area (Å²) in [4.78, 5) is 24.7. The van der Waals surface area contributed by atoms with E-state index in [4.69, 9.17) is 5.84 Å². The molecule has 2 heterocycles. The lowest BCUT2D eigenvalue weighted by Crippen LogP contribution is -2.39. The molecule has 0 unspecified atom stereocenters. The molecule has 0 aliphatic heterocycles. The molecule has 35 heavy (non-hydrogen) atoms. The molecular weight excluding hydrogens is 462 g/mol. The van der Waals surface area contributed by atoms with Crippen molar-refractivity contribution in [2.75, 3.05) is 22.2 Å². The summed E-state index contributed by atoms with van der Waals surface area (Å²) in [6, 6.07) is 18.8. The second-order valence-corrected chi connectivity index (χ2v) is 8.89. The molecule has 2 aromatic heterocycles. The van der Waals surface area contributed by atoms with E-state index in [1.54, 1.807) is 17.0 Å². The molecule has 0 saturated heterocycles. The Morgan fingerprint density at radius 3 is 2.06 bits per heavy atom. The number of anilines is 2. The molecule has 10 heteroatoms. The van der Waals surface area contributed by atoms with Gasteiger partial charge >= 0.3 is 0 Å². The third-order valence-corrected chi connectivity index (χ3v) is 6.25. The fourth-order valence-electron chi connectivity index (χ4n) is 3.38. The minimum absolute atomic E-state index is 0.123. The van der Waals surface area contributed by atoms with Gasteiger partial charge in [0.1, 0.15) is 0 Å². The van der Waals surface area contributed by atoms with Crippen molar-refractivity contribution in [3.63, 3.8) is 0 Å². The number of benzene rings is 2. The van der Waals surface area contributed by atoms with Crippen LogP contribution in [-0.2, 0) is 16.1 Å². The first-order valence-corrected chi connectivity index (χ1v) is 11.9. The third kappa shape index (κ3) is 6.04. The van der Waals surface area contributed by atoms with E-state index >= 15 is 0 Å². The Morgan fingerprint density at radius 1 is 0.886 bits per heavy atom. The van der Waals surface area contributed by atoms with Gasteiger partial charge in [-0.3, -0.25) is 9.59 Å². The highest BCUT2D eigenvalue weighted by atomic mass is 32.2. The van der Waals surface area contributed by atoms with Gasteiger partial charge < -0.3 is 16.5 Å². The molecule has 0 fully saturated rings. The standard InChI is InChI=1S/C25H25N7O2S/c1-17-7-3-5-9-20(17)27-22(33)15-31-13-11-19(12-14-31)24-29-30-25(32(24)26)35-16-23(34)28-21-10-6-4-8-18(21)2/h3-14H,15-16H2,1-2H3,(H3-,26,27,28,29,33,34)/p+1. The number of para-hydroxylation sites is 2. The van der Waals surface area contributed by atoms with E-state index in [-0.39, 0.29) is 24.1 Å². The number of nitrogen functional groups attached to an aromatic ring is 1. The number of hydrogen-bond donors (Lipinski definition) is 3. The Balaban J connectivity index is 1.34. The summed E-state index contributed by atoms with van der Waals surface area (Å²) in [6.45, 7) is 4.05. The number of nitrogens with zero attached hydrogens (tertiary/aromatic N) is 4. The van der Waals surface area contributed by atoms with Crippen molar-refractivity contribution >= 4 is 35.0 Å². The molecule has 178 valence electrons. The zero-order valence-corrected chi connectivity index (χ0v) is 20.2. The van der Waals surface area contributed by atoms with Gasteiger partial charge in [0, 0.05) is 29.1 Å². The Hall–Kier alpha value is -4.18. The SMILES string of the molecule is Cc1ccccc1NC(=O)CSc1nnc(-c2cc[n+](CC(=O)Nc3ccccc3C)cc2)n1N. The van der Waals surface area contributed by atoms with Crippen LogP contribution in [0.4, 0.5) is 11.4 Å². The van der Waals surface area contributed by atoms with Crippen molar-refractivity contribution in [3.05, 3.63) is 84.2 Å². The average molecular weight is 489 g/mol. The minimum Gasteiger partial charge on any atom is -0.335 e. The van der Waals surface area contributed by atoms with Crippen LogP contribution in [0.15, 0.2) is 78.2 Å². The van der Waals surface area contributed by atoms with Crippen molar-refractivity contribution in [2.45, 2.75) is 25.5 Å². The van der Waals surface area contributed by atoms with E-state index in [9.17, 15) is 9.59 Å². The van der Waals surface area contributed by atoms with Gasteiger partial charge in [0.25, 0.3) is 5.91 Å². The molecule has 2 amide bonds. The molecule has 0 radical (unpaired) electrons. The predicted molar refractivity (Wildman–Crippen MR) is 136 cm³/mol. The van der Waals surface area contributed by atoms with Gasteiger partial charge in [-0.25, -0.2) is 4.68 Å². The summed E-state index contributed by atoms with van der Waals surface area (Å²) in [6.07, 6.45) is 3.56. The summed E-state index contributed by atoms with van der Waals surface area (Å²) in [5.41, 5.74) is 4.31.